The molecule has 1 aliphatic heterocycles. The van der Waals surface area contributed by atoms with E-state index in [0.717, 1.165) is 16.7 Å². The number of anilines is 1. The van der Waals surface area contributed by atoms with Gasteiger partial charge in [0.2, 0.25) is 0 Å². The Morgan fingerprint density at radius 1 is 0.926 bits per heavy atom. The number of ether oxygens (including phenoxy) is 4. The highest BCUT2D eigenvalue weighted by Crippen LogP contribution is 2.64. The molecule has 0 amide bonds. The summed E-state index contributed by atoms with van der Waals surface area (Å²) in [5, 5.41) is 20.4. The Morgan fingerprint density at radius 3 is 1.96 bits per heavy atom. The fraction of sp³-hybridized carbons (Fsp3) is 0.400. The molecule has 3 N–H and O–H groups in total. The number of hydrogen-bond donors (Lipinski definition) is 2. The number of nitrogens with zero attached hydrogens (tertiary/aromatic N) is 5. The minimum absolute atomic E-state index is 0.0169. The zero-order valence-electron chi connectivity index (χ0n) is 31.4. The average molecular weight is 756 g/mol. The van der Waals surface area contributed by atoms with Gasteiger partial charge in [0, 0.05) is 18.3 Å². The number of hydrogen-bond acceptors (Lipinski definition) is 12. The van der Waals surface area contributed by atoms with Crippen LogP contribution in [-0.4, -0.2) is 70.4 Å². The molecule has 3 aromatic carbocycles. The van der Waals surface area contributed by atoms with E-state index in [-0.39, 0.29) is 37.1 Å². The largest absolute Gasteiger partial charge is 0.497 e. The Morgan fingerprint density at radius 2 is 1.48 bits per heavy atom. The van der Waals surface area contributed by atoms with Crippen molar-refractivity contribution < 1.29 is 28.4 Å². The van der Waals surface area contributed by atoms with E-state index >= 15 is 0 Å². The van der Waals surface area contributed by atoms with Crippen molar-refractivity contribution in [3.63, 3.8) is 0 Å². The Balaban J connectivity index is 1.68. The van der Waals surface area contributed by atoms with E-state index in [2.05, 4.69) is 17.1 Å². The van der Waals surface area contributed by atoms with Gasteiger partial charge in [-0.15, -0.1) is 4.67 Å². The van der Waals surface area contributed by atoms with Gasteiger partial charge in [0.25, 0.3) is 0 Å². The van der Waals surface area contributed by atoms with Crippen LogP contribution in [0.2, 0.25) is 0 Å². The van der Waals surface area contributed by atoms with Gasteiger partial charge >= 0.3 is 13.6 Å². The van der Waals surface area contributed by atoms with E-state index in [1.165, 1.54) is 16.8 Å². The Bertz CT molecular complexity index is 1930. The van der Waals surface area contributed by atoms with Crippen molar-refractivity contribution in [2.75, 3.05) is 32.7 Å². The molecule has 1 aliphatic rings. The van der Waals surface area contributed by atoms with Gasteiger partial charge in [0.1, 0.15) is 41.1 Å². The van der Waals surface area contributed by atoms with Crippen LogP contribution in [0, 0.1) is 28.6 Å². The van der Waals surface area contributed by atoms with Gasteiger partial charge < -0.3 is 24.7 Å². The topological polar surface area (TPSA) is 178 Å². The summed E-state index contributed by atoms with van der Waals surface area (Å²) in [7, 11) is -0.370. The molecule has 0 spiro atoms. The molecule has 5 rings (SSSR count). The summed E-state index contributed by atoms with van der Waals surface area (Å²) >= 11 is 0. The third-order valence-electron chi connectivity index (χ3n) is 9.48. The van der Waals surface area contributed by atoms with Gasteiger partial charge in [-0.2, -0.15) is 20.0 Å². The molecule has 0 radical (unpaired) electrons. The third kappa shape index (κ3) is 8.28. The van der Waals surface area contributed by atoms with Crippen LogP contribution >= 0.6 is 7.87 Å². The molecule has 14 heteroatoms. The summed E-state index contributed by atoms with van der Waals surface area (Å²) in [6.45, 7) is 7.59. The van der Waals surface area contributed by atoms with Gasteiger partial charge in [-0.3, -0.25) is 4.57 Å². The second-order valence-corrected chi connectivity index (χ2v) is 16.0. The molecule has 54 heavy (non-hydrogen) atoms. The lowest BCUT2D eigenvalue weighted by Gasteiger charge is -2.38. The quantitative estimate of drug-likeness (QED) is 0.0999. The zero-order chi connectivity index (χ0) is 39.0. The van der Waals surface area contributed by atoms with E-state index in [1.807, 2.05) is 111 Å². The van der Waals surface area contributed by atoms with E-state index < -0.39 is 43.5 Å². The van der Waals surface area contributed by atoms with Crippen LogP contribution in [0.4, 0.5) is 5.82 Å². The summed E-state index contributed by atoms with van der Waals surface area (Å²) in [6.07, 6.45) is -1.81. The molecule has 1 fully saturated rings. The summed E-state index contributed by atoms with van der Waals surface area (Å²) < 4.78 is 34.6. The smallest absolute Gasteiger partial charge is 0.351 e. The molecule has 2 heterocycles. The molecule has 0 aliphatic carbocycles. The summed E-state index contributed by atoms with van der Waals surface area (Å²) in [4.78, 5) is 29.6. The number of aromatic nitrogens is 2. The van der Waals surface area contributed by atoms with Gasteiger partial charge in [0.05, 0.1) is 39.4 Å². The first-order valence-electron chi connectivity index (χ1n) is 17.8. The standard InChI is InChI=1S/C40H47N6O7P/c1-27(2)46(28(3)4)54(48,24-10-22-41)53-37-34(25-42)38(45-23-21-36(43)44-39(45)47)52-35(37)26-51-40(29-11-8-7-9-12-29,30-13-17-32(49-5)18-14-30)31-15-19-33(50-6)20-16-31/h7-9,11-21,23,27-28,34-35,37-38,48H,10,24,26H2,1-6H3,(H-,43,44,47)/p+1/t34-,35-,37+,38-,54?/m1/s1. The fourth-order valence-corrected chi connectivity index (χ4v) is 10.1. The molecule has 5 atom stereocenters. The highest BCUT2D eigenvalue weighted by atomic mass is 31.2. The molecular weight excluding hydrogens is 707 g/mol. The third-order valence-corrected chi connectivity index (χ3v) is 12.5. The Labute approximate surface area is 317 Å². The van der Waals surface area contributed by atoms with Crippen LogP contribution in [-0.2, 0) is 19.6 Å². The summed E-state index contributed by atoms with van der Waals surface area (Å²) in [5.41, 5.74) is 6.19. The SMILES string of the molecule is COc1ccc(C(OC[C@H]2O[C@@H](n3ccc(N)nc3=O)[C@H](C#N)[C@@H]2O[P+](O)(CCC#N)N(C(C)C)C(C)C)(c2ccccc2)c2ccc(OC)cc2)cc1. The van der Waals surface area contributed by atoms with E-state index in [1.54, 1.807) is 14.2 Å². The van der Waals surface area contributed by atoms with Crippen LogP contribution in [0.15, 0.2) is 95.9 Å². The van der Waals surface area contributed by atoms with Crippen molar-refractivity contribution >= 4 is 13.7 Å². The molecule has 1 unspecified atom stereocenters. The maximum absolute atomic E-state index is 13.2. The highest BCUT2D eigenvalue weighted by Gasteiger charge is 2.58. The highest BCUT2D eigenvalue weighted by molar-refractivity contribution is 7.63. The summed E-state index contributed by atoms with van der Waals surface area (Å²) in [6, 6.07) is 30.4. The lowest BCUT2D eigenvalue weighted by Crippen LogP contribution is -2.43. The minimum atomic E-state index is -3.57. The predicted molar refractivity (Wildman–Crippen MR) is 205 cm³/mol. The van der Waals surface area contributed by atoms with Crippen LogP contribution in [0.3, 0.4) is 0 Å². The van der Waals surface area contributed by atoms with Crippen LogP contribution in [0.25, 0.3) is 0 Å². The van der Waals surface area contributed by atoms with Crippen molar-refractivity contribution in [3.05, 3.63) is 118 Å². The number of rotatable bonds is 16. The van der Waals surface area contributed by atoms with Gasteiger partial charge in [-0.1, -0.05) is 54.6 Å². The lowest BCUT2D eigenvalue weighted by atomic mass is 9.80. The average Bonchev–Trinajstić information content (AvgIpc) is 3.50. The van der Waals surface area contributed by atoms with E-state index in [9.17, 15) is 20.2 Å². The van der Waals surface area contributed by atoms with Crippen LogP contribution < -0.4 is 20.9 Å². The number of nitrogens with two attached hydrogens (primary N) is 1. The molecular formula is C40H48N6O7P+. The maximum atomic E-state index is 13.2. The van der Waals surface area contributed by atoms with Crippen molar-refractivity contribution in [1.29, 1.82) is 10.5 Å². The first-order valence-corrected chi connectivity index (χ1v) is 19.5. The lowest BCUT2D eigenvalue weighted by molar-refractivity contribution is -0.0932. The van der Waals surface area contributed by atoms with Gasteiger partial charge in [0.15, 0.2) is 12.3 Å². The maximum Gasteiger partial charge on any atom is 0.351 e. The zero-order valence-corrected chi connectivity index (χ0v) is 32.3. The molecule has 1 aromatic heterocycles. The van der Waals surface area contributed by atoms with E-state index in [0.29, 0.717) is 11.5 Å². The van der Waals surface area contributed by atoms with Crippen LogP contribution in [0.5, 0.6) is 11.5 Å². The first kappa shape index (κ1) is 40.3. The number of nitriles is 2. The molecule has 284 valence electrons. The normalized spacial score (nSPS) is 19.7. The van der Waals surface area contributed by atoms with Crippen molar-refractivity contribution in [2.24, 2.45) is 5.92 Å². The number of benzene rings is 3. The molecule has 0 bridgehead atoms. The molecule has 13 nitrogen and oxygen atoms in total. The van der Waals surface area contributed by atoms with Crippen molar-refractivity contribution in [2.45, 2.75) is 70.2 Å². The minimum Gasteiger partial charge on any atom is -0.497 e. The Hall–Kier alpha value is -4.85. The van der Waals surface area contributed by atoms with Crippen molar-refractivity contribution in [1.82, 2.24) is 14.2 Å². The van der Waals surface area contributed by atoms with E-state index in [4.69, 9.17) is 29.2 Å². The number of methoxy groups -OCH3 is 2. The second kappa shape index (κ2) is 17.5. The van der Waals surface area contributed by atoms with Gasteiger partial charge in [-0.05, 0) is 74.7 Å². The fourth-order valence-electron chi connectivity index (χ4n) is 7.21. The second-order valence-electron chi connectivity index (χ2n) is 13.5. The summed E-state index contributed by atoms with van der Waals surface area (Å²) in [5.74, 6) is 0.226. The van der Waals surface area contributed by atoms with Crippen LogP contribution in [0.1, 0.15) is 57.0 Å². The first-order chi connectivity index (χ1) is 25.9. The monoisotopic (exact) mass is 755 g/mol. The predicted octanol–water partition coefficient (Wildman–Crippen LogP) is 6.06. The van der Waals surface area contributed by atoms with Crippen molar-refractivity contribution in [3.8, 4) is 23.6 Å². The van der Waals surface area contributed by atoms with Gasteiger partial charge in [-0.25, -0.2) is 9.69 Å². The molecule has 0 saturated carbocycles. The molecule has 1 saturated heterocycles. The number of nitrogen functional groups attached to an aromatic ring is 1. The molecule has 4 aromatic rings. The Kier molecular flexibility index (Phi) is 13.1.